The Hall–Kier alpha value is -17.0. The SMILES string of the molecule is c1ccc(-c2cccc(-c3ccc(-c4nc(-c5ccccc5)nc(-c5cc(-c6ccc7oc8ccccc8c7c6)cc(-c6ccc7oc8ccccc8c7c6)c5)n4)cc3)c2)cc1.c1ccc(-c2nc(-c3cccc(-c4ccc5oc6ccccc6c5c4)c3)nc(-c3cc(-c4ccc5oc6ccccc6c5c4)cc(-c4ccc5oc6ccccc6c5c4)c3)n2)cc1. The van der Waals surface area contributed by atoms with E-state index in [2.05, 4.69) is 279 Å². The van der Waals surface area contributed by atoms with Gasteiger partial charge in [-0.3, -0.25) is 0 Å². The standard InChI is InChI=1S/C57H33N3O3.C57H35N3O2/c1-2-11-34(12-3-1)55-58-56(39-14-10-13-35(27-39)36-21-24-52-46(31-36)43-15-4-7-18-49(43)61-52)60-57(59-55)42-29-40(37-22-25-53-47(32-37)44-16-5-8-19-50(44)62-53)28-41(30-42)38-23-26-54-48(33-38)45-17-6-9-20-51(45)63-54;1-3-12-36(13-4-1)40-16-11-17-41(30-40)37-22-24-39(25-23-37)56-58-55(38-14-5-2-6-15-38)59-57(60-56)46-32-44(42-26-28-53-49(34-42)47-18-7-9-20-51(47)61-53)31-45(33-46)43-27-29-54-50(35-43)48-19-8-10-21-52(48)62-54/h1-33H;1-35H. The maximum atomic E-state index is 6.24. The van der Waals surface area contributed by atoms with Gasteiger partial charge in [0.2, 0.25) is 0 Å². The summed E-state index contributed by atoms with van der Waals surface area (Å²) in [6.07, 6.45) is 0. The van der Waals surface area contributed by atoms with Gasteiger partial charge < -0.3 is 22.1 Å². The summed E-state index contributed by atoms with van der Waals surface area (Å²) in [4.78, 5) is 31.1. The van der Waals surface area contributed by atoms with Gasteiger partial charge >= 0.3 is 0 Å². The lowest BCUT2D eigenvalue weighted by Crippen LogP contribution is -2.00. The minimum absolute atomic E-state index is 0.573. The predicted octanol–water partition coefficient (Wildman–Crippen LogP) is 30.9. The van der Waals surface area contributed by atoms with E-state index in [-0.39, 0.29) is 0 Å². The molecule has 584 valence electrons. The van der Waals surface area contributed by atoms with E-state index in [4.69, 9.17) is 52.0 Å². The highest BCUT2D eigenvalue weighted by Gasteiger charge is 2.22. The second-order valence-corrected chi connectivity index (χ2v) is 31.6. The lowest BCUT2D eigenvalue weighted by molar-refractivity contribution is 0.668. The van der Waals surface area contributed by atoms with Gasteiger partial charge in [-0.2, -0.15) is 0 Å². The third-order valence-corrected chi connectivity index (χ3v) is 23.8. The molecule has 11 nitrogen and oxygen atoms in total. The summed E-state index contributed by atoms with van der Waals surface area (Å²) in [5.74, 6) is 3.54. The number of hydrogen-bond acceptors (Lipinski definition) is 11. The molecule has 18 aromatic carbocycles. The Balaban J connectivity index is 0.000000140. The van der Waals surface area contributed by atoms with Crippen LogP contribution in [0.5, 0.6) is 0 Å². The van der Waals surface area contributed by atoms with Crippen molar-refractivity contribution in [3.63, 3.8) is 0 Å². The van der Waals surface area contributed by atoms with Crippen LogP contribution in [0, 0.1) is 0 Å². The van der Waals surface area contributed by atoms with E-state index in [9.17, 15) is 0 Å². The molecule has 0 radical (unpaired) electrons. The van der Waals surface area contributed by atoms with Gasteiger partial charge in [0.25, 0.3) is 0 Å². The van der Waals surface area contributed by atoms with Gasteiger partial charge in [-0.15, -0.1) is 0 Å². The Morgan fingerprint density at radius 2 is 0.280 bits per heavy atom. The van der Waals surface area contributed by atoms with Crippen molar-refractivity contribution >= 4 is 110 Å². The molecular formula is C114H68N6O5. The van der Waals surface area contributed by atoms with E-state index in [0.717, 1.165) is 210 Å². The lowest BCUT2D eigenvalue weighted by atomic mass is 9.94. The highest BCUT2D eigenvalue weighted by molar-refractivity contribution is 6.11. The van der Waals surface area contributed by atoms with Gasteiger partial charge in [0, 0.05) is 87.2 Å². The number of fused-ring (bicyclic) bond motifs is 15. The Labute approximate surface area is 715 Å². The Morgan fingerprint density at radius 1 is 0.104 bits per heavy atom. The molecule has 0 saturated heterocycles. The predicted molar refractivity (Wildman–Crippen MR) is 507 cm³/mol. The second kappa shape index (κ2) is 30.0. The topological polar surface area (TPSA) is 143 Å². The van der Waals surface area contributed by atoms with Gasteiger partial charge in [-0.25, -0.2) is 29.9 Å². The van der Waals surface area contributed by atoms with Crippen molar-refractivity contribution in [2.45, 2.75) is 0 Å². The van der Waals surface area contributed by atoms with Crippen molar-refractivity contribution in [3.8, 4) is 146 Å². The van der Waals surface area contributed by atoms with Crippen molar-refractivity contribution < 1.29 is 22.1 Å². The first kappa shape index (κ1) is 72.0. The molecule has 0 saturated carbocycles. The Kier molecular flexibility index (Phi) is 17.3. The molecule has 25 rings (SSSR count). The number of para-hydroxylation sites is 5. The average molecular weight is 1600 g/mol. The Morgan fingerprint density at radius 3 is 0.600 bits per heavy atom. The van der Waals surface area contributed by atoms with Crippen LogP contribution in [0.4, 0.5) is 0 Å². The molecule has 0 spiro atoms. The molecular weight excluding hydrogens is 1530 g/mol. The summed E-state index contributed by atoms with van der Waals surface area (Å²) in [5, 5.41) is 10.8. The van der Waals surface area contributed by atoms with Crippen molar-refractivity contribution in [1.82, 2.24) is 29.9 Å². The number of rotatable bonds is 13. The molecule has 0 atom stereocenters. The first-order chi connectivity index (χ1) is 61.8. The van der Waals surface area contributed by atoms with Crippen LogP contribution >= 0.6 is 0 Å². The molecule has 0 aliphatic rings. The van der Waals surface area contributed by atoms with Crippen LogP contribution < -0.4 is 0 Å². The second-order valence-electron chi connectivity index (χ2n) is 31.6. The molecule has 7 heterocycles. The van der Waals surface area contributed by atoms with E-state index in [1.807, 2.05) is 133 Å². The minimum Gasteiger partial charge on any atom is -0.456 e. The summed E-state index contributed by atoms with van der Waals surface area (Å²) >= 11 is 0. The molecule has 7 aromatic heterocycles. The molecule has 0 bridgehead atoms. The zero-order chi connectivity index (χ0) is 82.4. The van der Waals surface area contributed by atoms with Crippen LogP contribution in [0.1, 0.15) is 0 Å². The molecule has 11 heteroatoms. The summed E-state index contributed by atoms with van der Waals surface area (Å²) < 4.78 is 31.1. The molecule has 25 aromatic rings. The fraction of sp³-hybridized carbons (Fsp3) is 0. The van der Waals surface area contributed by atoms with Gasteiger partial charge in [-0.1, -0.05) is 273 Å². The van der Waals surface area contributed by atoms with Crippen molar-refractivity contribution in [1.29, 1.82) is 0 Å². The normalized spacial score (nSPS) is 11.7. The van der Waals surface area contributed by atoms with Crippen molar-refractivity contribution in [2.75, 3.05) is 0 Å². The number of furan rings is 5. The van der Waals surface area contributed by atoms with Crippen molar-refractivity contribution in [3.05, 3.63) is 413 Å². The summed E-state index contributed by atoms with van der Waals surface area (Å²) in [6.45, 7) is 0. The third kappa shape index (κ3) is 13.4. The largest absolute Gasteiger partial charge is 0.456 e. The van der Waals surface area contributed by atoms with E-state index in [1.165, 1.54) is 11.1 Å². The average Bonchev–Trinajstić information content (AvgIpc) is 1.37. The molecule has 0 N–H and O–H groups in total. The van der Waals surface area contributed by atoms with E-state index in [0.29, 0.717) is 34.9 Å². The van der Waals surface area contributed by atoms with Crippen molar-refractivity contribution in [2.24, 2.45) is 0 Å². The number of hydrogen-bond donors (Lipinski definition) is 0. The first-order valence-electron chi connectivity index (χ1n) is 41.7. The first-order valence-corrected chi connectivity index (χ1v) is 41.7. The maximum Gasteiger partial charge on any atom is 0.164 e. The van der Waals surface area contributed by atoms with Crippen LogP contribution in [0.25, 0.3) is 256 Å². The van der Waals surface area contributed by atoms with Crippen LogP contribution in [0.15, 0.2) is 435 Å². The highest BCUT2D eigenvalue weighted by Crippen LogP contribution is 2.44. The summed E-state index contributed by atoms with van der Waals surface area (Å²) in [6, 6.07) is 143. The zero-order valence-corrected chi connectivity index (χ0v) is 67.0. The maximum absolute atomic E-state index is 6.24. The van der Waals surface area contributed by atoms with Crippen LogP contribution in [-0.2, 0) is 0 Å². The lowest BCUT2D eigenvalue weighted by Gasteiger charge is -2.13. The van der Waals surface area contributed by atoms with Gasteiger partial charge in [0.1, 0.15) is 55.8 Å². The monoisotopic (exact) mass is 1600 g/mol. The summed E-state index contributed by atoms with van der Waals surface area (Å²) in [5.41, 5.74) is 29.1. The summed E-state index contributed by atoms with van der Waals surface area (Å²) in [7, 11) is 0. The smallest absolute Gasteiger partial charge is 0.164 e. The zero-order valence-electron chi connectivity index (χ0n) is 67.0. The van der Waals surface area contributed by atoms with Gasteiger partial charge in [0.15, 0.2) is 34.9 Å². The molecule has 0 amide bonds. The Bertz CT molecular complexity index is 8300. The molecule has 0 aliphatic carbocycles. The minimum atomic E-state index is 0.573. The number of benzene rings is 18. The van der Waals surface area contributed by atoms with Crippen LogP contribution in [0.3, 0.4) is 0 Å². The molecule has 125 heavy (non-hydrogen) atoms. The number of aromatic nitrogens is 6. The third-order valence-electron chi connectivity index (χ3n) is 23.8. The van der Waals surface area contributed by atoms with E-state index in [1.54, 1.807) is 0 Å². The fourth-order valence-electron chi connectivity index (χ4n) is 17.6. The number of nitrogens with zero attached hydrogens (tertiary/aromatic N) is 6. The van der Waals surface area contributed by atoms with Crippen LogP contribution in [-0.4, -0.2) is 29.9 Å². The van der Waals surface area contributed by atoms with Crippen LogP contribution in [0.2, 0.25) is 0 Å². The highest BCUT2D eigenvalue weighted by atomic mass is 16.3. The van der Waals surface area contributed by atoms with Gasteiger partial charge in [-0.05, 0) is 217 Å². The van der Waals surface area contributed by atoms with E-state index >= 15 is 0 Å². The van der Waals surface area contributed by atoms with Gasteiger partial charge in [0.05, 0.1) is 0 Å². The molecule has 0 fully saturated rings. The van der Waals surface area contributed by atoms with E-state index < -0.39 is 0 Å². The molecule has 0 aliphatic heterocycles. The quantitative estimate of drug-likeness (QED) is 0.109. The fourth-order valence-corrected chi connectivity index (χ4v) is 17.6. The molecule has 0 unspecified atom stereocenters.